The fourth-order valence-corrected chi connectivity index (χ4v) is 4.81. The number of carboxylic acids is 1. The van der Waals surface area contributed by atoms with Gasteiger partial charge in [-0.25, -0.2) is 4.79 Å². The molecule has 1 amide bonds. The van der Waals surface area contributed by atoms with Crippen molar-refractivity contribution in [3.05, 3.63) is 71.4 Å². The van der Waals surface area contributed by atoms with E-state index in [1.165, 1.54) is 11.0 Å². The number of esters is 1. The summed E-state index contributed by atoms with van der Waals surface area (Å²) < 4.78 is 18.7. The first-order chi connectivity index (χ1) is 18.7. The number of fused-ring (bicyclic) bond motifs is 1. The maximum absolute atomic E-state index is 14.4. The van der Waals surface area contributed by atoms with E-state index in [-0.39, 0.29) is 36.9 Å². The zero-order valence-corrected chi connectivity index (χ0v) is 23.3. The summed E-state index contributed by atoms with van der Waals surface area (Å²) in [6.45, 7) is 10.1. The van der Waals surface area contributed by atoms with Crippen LogP contribution in [0.3, 0.4) is 0 Å². The van der Waals surface area contributed by atoms with Gasteiger partial charge in [0.15, 0.2) is 6.29 Å². The van der Waals surface area contributed by atoms with Gasteiger partial charge in [-0.2, -0.15) is 0 Å². The second kappa shape index (κ2) is 13.9. The second-order valence-corrected chi connectivity index (χ2v) is 9.40. The van der Waals surface area contributed by atoms with E-state index in [0.29, 0.717) is 24.1 Å². The van der Waals surface area contributed by atoms with Crippen LogP contribution in [0.5, 0.6) is 0 Å². The number of carbonyl (C=O) groups excluding carboxylic acids is 2. The molecule has 1 heterocycles. The van der Waals surface area contributed by atoms with Crippen LogP contribution in [0, 0.1) is 5.92 Å². The van der Waals surface area contributed by atoms with Crippen molar-refractivity contribution in [1.29, 1.82) is 0 Å². The molecule has 0 aliphatic rings. The molecule has 0 fully saturated rings. The van der Waals surface area contributed by atoms with Gasteiger partial charge in [0.1, 0.15) is 12.2 Å². The van der Waals surface area contributed by atoms with Gasteiger partial charge in [0.05, 0.1) is 23.7 Å². The predicted molar refractivity (Wildman–Crippen MR) is 148 cm³/mol. The highest BCUT2D eigenvalue weighted by Crippen LogP contribution is 2.28. The third-order valence-electron chi connectivity index (χ3n) is 6.40. The van der Waals surface area contributed by atoms with Crippen molar-refractivity contribution in [3.63, 3.8) is 0 Å². The molecule has 1 unspecified atom stereocenters. The third-order valence-corrected chi connectivity index (χ3v) is 6.40. The number of amides is 1. The number of hydrogen-bond donors (Lipinski definition) is 1. The van der Waals surface area contributed by atoms with Crippen molar-refractivity contribution >= 4 is 28.7 Å². The number of carboxylic acid groups (broad SMARTS) is 1. The molecule has 0 saturated heterocycles. The molecule has 3 aromatic rings. The summed E-state index contributed by atoms with van der Waals surface area (Å²) in [4.78, 5) is 40.8. The van der Waals surface area contributed by atoms with E-state index >= 15 is 0 Å². The van der Waals surface area contributed by atoms with Gasteiger partial charge in [0.25, 0.3) is 5.91 Å². The molecule has 3 rings (SSSR count). The summed E-state index contributed by atoms with van der Waals surface area (Å²) in [5, 5.41) is 10.6. The van der Waals surface area contributed by atoms with E-state index in [1.807, 2.05) is 58.0 Å². The molecule has 0 saturated carbocycles. The Bertz CT molecular complexity index is 1260. The molecule has 1 atom stereocenters. The Hall–Kier alpha value is -3.69. The van der Waals surface area contributed by atoms with Gasteiger partial charge in [-0.1, -0.05) is 56.3 Å². The molecule has 9 heteroatoms. The lowest BCUT2D eigenvalue weighted by Gasteiger charge is -2.38. The summed E-state index contributed by atoms with van der Waals surface area (Å²) in [5.41, 5.74) is 1.66. The molecule has 39 heavy (non-hydrogen) atoms. The average molecular weight is 539 g/mol. The van der Waals surface area contributed by atoms with Gasteiger partial charge in [-0.05, 0) is 44.4 Å². The van der Waals surface area contributed by atoms with Gasteiger partial charge < -0.3 is 28.8 Å². The van der Waals surface area contributed by atoms with Crippen LogP contribution in [0.1, 0.15) is 61.0 Å². The van der Waals surface area contributed by atoms with Crippen LogP contribution in [0.25, 0.3) is 10.9 Å². The van der Waals surface area contributed by atoms with E-state index in [1.54, 1.807) is 29.7 Å². The number of nitrogens with zero attached hydrogens (tertiary/aromatic N) is 2. The molecule has 0 aliphatic heterocycles. The van der Waals surface area contributed by atoms with E-state index in [0.717, 1.165) is 5.56 Å². The lowest BCUT2D eigenvalue weighted by Crippen LogP contribution is -2.54. The second-order valence-electron chi connectivity index (χ2n) is 9.40. The monoisotopic (exact) mass is 538 g/mol. The number of ether oxygens (including phenoxy) is 3. The van der Waals surface area contributed by atoms with Crippen molar-refractivity contribution in [3.8, 4) is 0 Å². The summed E-state index contributed by atoms with van der Waals surface area (Å²) in [7, 11) is 0. The van der Waals surface area contributed by atoms with E-state index in [2.05, 4.69) is 0 Å². The highest BCUT2D eigenvalue weighted by Gasteiger charge is 2.38. The highest BCUT2D eigenvalue weighted by molar-refractivity contribution is 6.06. The van der Waals surface area contributed by atoms with Crippen LogP contribution in [-0.2, 0) is 25.5 Å². The van der Waals surface area contributed by atoms with Gasteiger partial charge >= 0.3 is 11.9 Å². The molecular weight excluding hydrogens is 500 g/mol. The largest absolute Gasteiger partial charge is 0.478 e. The Morgan fingerprint density at radius 1 is 0.923 bits per heavy atom. The molecule has 1 N–H and O–H groups in total. The Morgan fingerprint density at radius 2 is 1.59 bits per heavy atom. The quantitative estimate of drug-likeness (QED) is 0.232. The van der Waals surface area contributed by atoms with Crippen LogP contribution in [0.2, 0.25) is 0 Å². The zero-order chi connectivity index (χ0) is 28.5. The predicted octanol–water partition coefficient (Wildman–Crippen LogP) is 4.82. The Labute approximate surface area is 229 Å². The van der Waals surface area contributed by atoms with Crippen LogP contribution in [0.15, 0.2) is 54.6 Å². The number of carbonyl (C=O) groups is 3. The Kier molecular flexibility index (Phi) is 10.7. The van der Waals surface area contributed by atoms with Crippen LogP contribution >= 0.6 is 0 Å². The molecule has 0 bridgehead atoms. The molecule has 1 aromatic heterocycles. The molecule has 2 aromatic carbocycles. The van der Waals surface area contributed by atoms with Crippen LogP contribution in [0.4, 0.5) is 0 Å². The van der Waals surface area contributed by atoms with Gasteiger partial charge in [-0.15, -0.1) is 0 Å². The topological polar surface area (TPSA) is 107 Å². The number of aromatic carboxylic acids is 1. The summed E-state index contributed by atoms with van der Waals surface area (Å²) >= 11 is 0. The summed E-state index contributed by atoms with van der Waals surface area (Å²) in [6.07, 6.45) is -0.778. The first-order valence-corrected chi connectivity index (χ1v) is 13.3. The lowest BCUT2D eigenvalue weighted by molar-refractivity contribution is -0.180. The van der Waals surface area contributed by atoms with Crippen molar-refractivity contribution in [2.45, 2.75) is 53.5 Å². The first-order valence-electron chi connectivity index (χ1n) is 13.3. The Balaban J connectivity index is 2.23. The minimum Gasteiger partial charge on any atom is -0.478 e. The maximum Gasteiger partial charge on any atom is 0.337 e. The summed E-state index contributed by atoms with van der Waals surface area (Å²) in [5.74, 6) is -2.24. The molecule has 0 aliphatic carbocycles. The Morgan fingerprint density at radius 3 is 2.15 bits per heavy atom. The molecular formula is C30H38N2O7. The summed E-state index contributed by atoms with van der Waals surface area (Å²) in [6, 6.07) is 15.5. The average Bonchev–Trinajstić information content (AvgIpc) is 3.27. The molecule has 210 valence electrons. The van der Waals surface area contributed by atoms with Crippen LogP contribution < -0.4 is 0 Å². The molecule has 9 nitrogen and oxygen atoms in total. The van der Waals surface area contributed by atoms with Crippen molar-refractivity contribution in [1.82, 2.24) is 9.47 Å². The fourth-order valence-electron chi connectivity index (χ4n) is 4.81. The lowest BCUT2D eigenvalue weighted by atomic mass is 10.0. The molecule has 0 radical (unpaired) electrons. The standard InChI is InChI=1S/C30H38N2O7/c1-6-37-25(33)19-32(26(20(4)5)30(38-7-2)39-8-3)28(34)24-17-22-15-12-16-23(29(35)36)27(22)31(24)18-21-13-10-9-11-14-21/h9-17,20,26,30H,6-8,18-19H2,1-5H3,(H,35,36). The fraction of sp³-hybridized carbons (Fsp3) is 0.433. The number of hydrogen-bond acceptors (Lipinski definition) is 6. The normalized spacial score (nSPS) is 12.2. The van der Waals surface area contributed by atoms with Crippen LogP contribution in [-0.4, -0.2) is 71.1 Å². The van der Waals surface area contributed by atoms with Crippen molar-refractivity contribution < 1.29 is 33.7 Å². The number of aromatic nitrogens is 1. The van der Waals surface area contributed by atoms with Crippen molar-refractivity contribution in [2.75, 3.05) is 26.4 Å². The minimum atomic E-state index is -1.09. The van der Waals surface area contributed by atoms with E-state index in [4.69, 9.17) is 14.2 Å². The van der Waals surface area contributed by atoms with Gasteiger partial charge in [0.2, 0.25) is 0 Å². The van der Waals surface area contributed by atoms with E-state index in [9.17, 15) is 19.5 Å². The smallest absolute Gasteiger partial charge is 0.337 e. The SMILES string of the molecule is CCOC(=O)CN(C(=O)c1cc2cccc(C(=O)O)c2n1Cc1ccccc1)C(C(C)C)C(OCC)OCC. The number of para-hydroxylation sites is 1. The molecule has 0 spiro atoms. The van der Waals surface area contributed by atoms with Gasteiger partial charge in [-0.3, -0.25) is 9.59 Å². The van der Waals surface area contributed by atoms with Crippen molar-refractivity contribution in [2.24, 2.45) is 5.92 Å². The highest BCUT2D eigenvalue weighted by atomic mass is 16.7. The van der Waals surface area contributed by atoms with E-state index < -0.39 is 30.2 Å². The third kappa shape index (κ3) is 7.04. The maximum atomic E-state index is 14.4. The minimum absolute atomic E-state index is 0.0846. The first kappa shape index (κ1) is 29.9. The number of benzene rings is 2. The zero-order valence-electron chi connectivity index (χ0n) is 23.3. The number of rotatable bonds is 14. The van der Waals surface area contributed by atoms with Gasteiger partial charge in [0, 0.05) is 25.1 Å².